The van der Waals surface area contributed by atoms with Gasteiger partial charge in [0.2, 0.25) is 5.91 Å². The van der Waals surface area contributed by atoms with Gasteiger partial charge in [-0.3, -0.25) is 9.69 Å². The van der Waals surface area contributed by atoms with Crippen LogP contribution in [0.4, 0.5) is 16.2 Å². The van der Waals surface area contributed by atoms with Crippen molar-refractivity contribution < 1.29 is 9.59 Å². The van der Waals surface area contributed by atoms with Crippen LogP contribution in [0.3, 0.4) is 0 Å². The van der Waals surface area contributed by atoms with E-state index in [0.717, 1.165) is 63.4 Å². The Balaban J connectivity index is 1.25. The summed E-state index contributed by atoms with van der Waals surface area (Å²) in [5.41, 5.74) is 4.63. The molecule has 2 aromatic carbocycles. The van der Waals surface area contributed by atoms with Gasteiger partial charge in [0.25, 0.3) is 0 Å². The van der Waals surface area contributed by atoms with Crippen LogP contribution in [0.25, 0.3) is 0 Å². The minimum absolute atomic E-state index is 0.0334. The number of likely N-dealkylation sites (N-methyl/N-ethyl adjacent to an activating group) is 1. The van der Waals surface area contributed by atoms with Gasteiger partial charge in [-0.25, -0.2) is 4.79 Å². The monoisotopic (exact) mass is 420 g/mol. The number of rotatable bonds is 8. The Morgan fingerprint density at radius 3 is 2.74 bits per heavy atom. The van der Waals surface area contributed by atoms with E-state index in [1.165, 1.54) is 11.1 Å². The van der Waals surface area contributed by atoms with Crippen molar-refractivity contribution in [1.29, 1.82) is 0 Å². The molecule has 164 valence electrons. The van der Waals surface area contributed by atoms with Crippen LogP contribution >= 0.6 is 0 Å². The van der Waals surface area contributed by atoms with Crippen molar-refractivity contribution in [1.82, 2.24) is 9.80 Å². The van der Waals surface area contributed by atoms with Gasteiger partial charge in [0, 0.05) is 44.5 Å². The van der Waals surface area contributed by atoms with E-state index in [-0.39, 0.29) is 11.9 Å². The van der Waals surface area contributed by atoms with Crippen LogP contribution in [0.2, 0.25) is 0 Å². The summed E-state index contributed by atoms with van der Waals surface area (Å²) in [5, 5.41) is 2.90. The van der Waals surface area contributed by atoms with Gasteiger partial charge in [-0.15, -0.1) is 0 Å². The van der Waals surface area contributed by atoms with Crippen LogP contribution in [0.15, 0.2) is 48.5 Å². The van der Waals surface area contributed by atoms with Crippen LogP contribution in [0.5, 0.6) is 0 Å². The van der Waals surface area contributed by atoms with Crippen LogP contribution in [-0.2, 0) is 11.2 Å². The molecule has 3 amide bonds. The number of para-hydroxylation sites is 1. The second-order valence-corrected chi connectivity index (χ2v) is 8.70. The van der Waals surface area contributed by atoms with Gasteiger partial charge >= 0.3 is 6.03 Å². The molecular weight excluding hydrogens is 388 g/mol. The van der Waals surface area contributed by atoms with E-state index < -0.39 is 0 Å². The lowest BCUT2D eigenvalue weighted by Gasteiger charge is -2.23. The van der Waals surface area contributed by atoms with E-state index in [4.69, 9.17) is 0 Å². The lowest BCUT2D eigenvalue weighted by molar-refractivity contribution is -0.114. The highest BCUT2D eigenvalue weighted by Gasteiger charge is 2.29. The fourth-order valence-corrected chi connectivity index (χ4v) is 4.80. The molecule has 6 heteroatoms. The minimum atomic E-state index is -0.0334. The highest BCUT2D eigenvalue weighted by molar-refractivity contribution is 5.94. The largest absolute Gasteiger partial charge is 0.326 e. The molecule has 1 unspecified atom stereocenters. The van der Waals surface area contributed by atoms with Crippen molar-refractivity contribution >= 4 is 23.3 Å². The van der Waals surface area contributed by atoms with Gasteiger partial charge in [-0.05, 0) is 74.2 Å². The quantitative estimate of drug-likeness (QED) is 0.704. The van der Waals surface area contributed by atoms with Gasteiger partial charge in [-0.2, -0.15) is 0 Å². The predicted molar refractivity (Wildman–Crippen MR) is 125 cm³/mol. The molecule has 0 radical (unpaired) electrons. The number of anilines is 2. The molecule has 1 atom stereocenters. The predicted octanol–water partition coefficient (Wildman–Crippen LogP) is 3.94. The van der Waals surface area contributed by atoms with E-state index in [0.29, 0.717) is 5.92 Å². The van der Waals surface area contributed by atoms with Gasteiger partial charge in [0.1, 0.15) is 0 Å². The molecule has 1 aliphatic carbocycles. The molecule has 0 aromatic heterocycles. The van der Waals surface area contributed by atoms with E-state index >= 15 is 0 Å². The molecule has 2 aromatic rings. The first-order valence-corrected chi connectivity index (χ1v) is 11.2. The third-order valence-electron chi connectivity index (χ3n) is 6.33. The molecule has 4 rings (SSSR count). The topological polar surface area (TPSA) is 55.9 Å². The Morgan fingerprint density at radius 1 is 1.16 bits per heavy atom. The molecule has 31 heavy (non-hydrogen) atoms. The highest BCUT2D eigenvalue weighted by atomic mass is 16.2. The van der Waals surface area contributed by atoms with Gasteiger partial charge < -0.3 is 15.1 Å². The fraction of sp³-hybridized carbons (Fsp3) is 0.440. The molecule has 2 aliphatic rings. The Labute approximate surface area is 184 Å². The maximum atomic E-state index is 12.7. The number of aryl methyl sites for hydroxylation is 1. The van der Waals surface area contributed by atoms with E-state index in [1.54, 1.807) is 6.92 Å². The summed E-state index contributed by atoms with van der Waals surface area (Å²) in [4.78, 5) is 30.3. The number of benzene rings is 2. The molecule has 1 N–H and O–H groups in total. The zero-order valence-corrected chi connectivity index (χ0v) is 18.5. The number of carbonyl (C=O) groups excluding carboxylic acids is 2. The first-order valence-electron chi connectivity index (χ1n) is 11.2. The lowest BCUT2D eigenvalue weighted by atomic mass is 10.00. The van der Waals surface area contributed by atoms with E-state index in [2.05, 4.69) is 29.4 Å². The van der Waals surface area contributed by atoms with Crippen molar-refractivity contribution in [2.45, 2.75) is 32.1 Å². The van der Waals surface area contributed by atoms with Crippen LogP contribution in [0.1, 0.15) is 36.8 Å². The number of hydrogen-bond donors (Lipinski definition) is 1. The Bertz CT molecular complexity index is 930. The second kappa shape index (κ2) is 9.52. The normalized spacial score (nSPS) is 18.0. The second-order valence-electron chi connectivity index (χ2n) is 8.70. The molecule has 1 aliphatic heterocycles. The number of nitrogens with one attached hydrogen (secondary N) is 1. The van der Waals surface area contributed by atoms with E-state index in [1.807, 2.05) is 46.2 Å². The molecule has 1 heterocycles. The summed E-state index contributed by atoms with van der Waals surface area (Å²) in [6.45, 7) is 5.85. The van der Waals surface area contributed by atoms with Crippen LogP contribution < -0.4 is 10.2 Å². The first-order chi connectivity index (χ1) is 15.0. The summed E-state index contributed by atoms with van der Waals surface area (Å²) in [6.07, 6.45) is 3.22. The average Bonchev–Trinajstić information content (AvgIpc) is 3.32. The van der Waals surface area contributed by atoms with Crippen molar-refractivity contribution in [2.24, 2.45) is 0 Å². The van der Waals surface area contributed by atoms with Gasteiger partial charge in [0.15, 0.2) is 0 Å². The number of fused-ring (bicyclic) bond motifs is 1. The summed E-state index contributed by atoms with van der Waals surface area (Å²) >= 11 is 0. The molecule has 0 spiro atoms. The van der Waals surface area contributed by atoms with Crippen molar-refractivity contribution in [3.8, 4) is 0 Å². The first kappa shape index (κ1) is 21.4. The van der Waals surface area contributed by atoms with Crippen molar-refractivity contribution in [3.63, 3.8) is 0 Å². The molecule has 1 fully saturated rings. The smallest absolute Gasteiger partial charge is 0.324 e. The third-order valence-corrected chi connectivity index (χ3v) is 6.33. The molecule has 0 bridgehead atoms. The maximum Gasteiger partial charge on any atom is 0.324 e. The summed E-state index contributed by atoms with van der Waals surface area (Å²) in [6, 6.07) is 16.3. The average molecular weight is 421 g/mol. The number of nitrogens with zero attached hydrogens (tertiary/aromatic N) is 3. The van der Waals surface area contributed by atoms with Crippen molar-refractivity contribution in [3.05, 3.63) is 59.7 Å². The Morgan fingerprint density at radius 2 is 1.97 bits per heavy atom. The maximum absolute atomic E-state index is 12.7. The highest BCUT2D eigenvalue weighted by Crippen LogP contribution is 2.35. The van der Waals surface area contributed by atoms with E-state index in [9.17, 15) is 9.59 Å². The lowest BCUT2D eigenvalue weighted by Crippen LogP contribution is -2.34. The minimum Gasteiger partial charge on any atom is -0.326 e. The van der Waals surface area contributed by atoms with Crippen LogP contribution in [-0.4, -0.2) is 61.5 Å². The standard InChI is InChI=1S/C25H32N4O2/c1-19(30)26-22-12-11-20-9-10-21(24(20)17-22)18-27(2)13-6-14-28-15-16-29(25(28)31)23-7-4-3-5-8-23/h3-5,7-8,11-12,17,21H,6,9-10,13-16,18H2,1-2H3,(H,26,30). The molecule has 1 saturated heterocycles. The summed E-state index contributed by atoms with van der Waals surface area (Å²) < 4.78 is 0. The third kappa shape index (κ3) is 5.07. The number of amides is 3. The Kier molecular flexibility index (Phi) is 6.56. The number of carbonyl (C=O) groups is 2. The van der Waals surface area contributed by atoms with Crippen LogP contribution in [0, 0.1) is 0 Å². The molecular formula is C25H32N4O2. The number of hydrogen-bond acceptors (Lipinski definition) is 3. The Hall–Kier alpha value is -2.86. The fourth-order valence-electron chi connectivity index (χ4n) is 4.80. The molecule has 6 nitrogen and oxygen atoms in total. The summed E-state index contributed by atoms with van der Waals surface area (Å²) in [5.74, 6) is 0.463. The van der Waals surface area contributed by atoms with Gasteiger partial charge in [-0.1, -0.05) is 24.3 Å². The summed E-state index contributed by atoms with van der Waals surface area (Å²) in [7, 11) is 2.16. The zero-order valence-electron chi connectivity index (χ0n) is 18.5. The SMILES string of the molecule is CC(=O)Nc1ccc2c(c1)C(CN(C)CCCN1CCN(c3ccccc3)C1=O)CC2. The van der Waals surface area contributed by atoms with Crippen molar-refractivity contribution in [2.75, 3.05) is 50.0 Å². The van der Waals surface area contributed by atoms with Gasteiger partial charge in [0.05, 0.1) is 0 Å². The molecule has 0 saturated carbocycles. The zero-order chi connectivity index (χ0) is 21.8. The number of urea groups is 1.